The largest absolute Gasteiger partial charge is 0.504 e. The molecule has 12 nitrogen and oxygen atoms in total. The van der Waals surface area contributed by atoms with Gasteiger partial charge >= 0.3 is 0 Å². The number of ether oxygens (including phenoxy) is 4. The van der Waals surface area contributed by atoms with Crippen LogP contribution in [0.2, 0.25) is 0 Å². The average Bonchev–Trinajstić information content (AvgIpc) is 3.25. The molecule has 0 radical (unpaired) electrons. The highest BCUT2D eigenvalue weighted by Crippen LogP contribution is 2.33. The maximum atomic E-state index is 11.4. The Kier molecular flexibility index (Phi) is 37.8. The van der Waals surface area contributed by atoms with Gasteiger partial charge in [0.1, 0.15) is 0 Å². The zero-order valence-corrected chi connectivity index (χ0v) is 40.2. The second-order valence-corrected chi connectivity index (χ2v) is 16.3. The lowest BCUT2D eigenvalue weighted by Gasteiger charge is -2.09. The number of nitrogens with one attached hydrogen (secondary N) is 2. The Morgan fingerprint density at radius 1 is 0.583 bits per heavy atom. The third-order valence-corrected chi connectivity index (χ3v) is 10.9. The van der Waals surface area contributed by atoms with Crippen molar-refractivity contribution in [2.45, 2.75) is 93.2 Å². The van der Waals surface area contributed by atoms with Crippen molar-refractivity contribution in [3.05, 3.63) is 54.6 Å². The average molecular weight is 937 g/mol. The van der Waals surface area contributed by atoms with Crippen LogP contribution in [0.3, 0.4) is 0 Å². The van der Waals surface area contributed by atoms with Gasteiger partial charge in [-0.15, -0.1) is 47.7 Å². The van der Waals surface area contributed by atoms with Gasteiger partial charge in [-0.25, -0.2) is 0 Å². The number of carbonyl (C=O) groups is 3. The van der Waals surface area contributed by atoms with Gasteiger partial charge in [-0.05, 0) is 85.5 Å². The summed E-state index contributed by atoms with van der Waals surface area (Å²) in [7, 11) is 6.51. The number of nitrogens with two attached hydrogens (primary N) is 1. The summed E-state index contributed by atoms with van der Waals surface area (Å²) in [6.45, 7) is 8.13. The van der Waals surface area contributed by atoms with E-state index in [1.807, 2.05) is 43.3 Å². The Balaban J connectivity index is 0. The summed E-state index contributed by atoms with van der Waals surface area (Å²) in [5.41, 5.74) is 5.43. The van der Waals surface area contributed by atoms with Crippen LogP contribution in [-0.2, 0) is 14.4 Å². The zero-order chi connectivity index (χ0) is 44.3. The highest BCUT2D eigenvalue weighted by atomic mass is 35.5. The van der Waals surface area contributed by atoms with Crippen LogP contribution >= 0.6 is 59.3 Å². The van der Waals surface area contributed by atoms with Crippen molar-refractivity contribution in [1.82, 2.24) is 10.6 Å². The van der Waals surface area contributed by atoms with E-state index in [1.165, 1.54) is 23.9 Å². The molecule has 60 heavy (non-hydrogen) atoms. The number of aromatic hydroxyl groups is 2. The van der Waals surface area contributed by atoms with Crippen LogP contribution in [0.25, 0.3) is 0 Å². The molecule has 0 bridgehead atoms. The Labute approximate surface area is 381 Å². The van der Waals surface area contributed by atoms with Crippen molar-refractivity contribution in [3.63, 3.8) is 0 Å². The predicted octanol–water partition coefficient (Wildman–Crippen LogP) is 9.72. The number of methoxy groups -OCH3 is 4. The molecule has 0 aromatic heterocycles. The summed E-state index contributed by atoms with van der Waals surface area (Å²) in [6.07, 6.45) is 7.64. The fourth-order valence-corrected chi connectivity index (χ4v) is 6.90. The molecule has 3 rings (SSSR count). The molecule has 0 aliphatic heterocycles. The van der Waals surface area contributed by atoms with Crippen molar-refractivity contribution in [3.8, 4) is 34.5 Å². The van der Waals surface area contributed by atoms with Gasteiger partial charge in [0, 0.05) is 70.8 Å². The molecule has 17 heteroatoms. The molecule has 0 saturated heterocycles. The molecule has 0 fully saturated rings. The summed E-state index contributed by atoms with van der Waals surface area (Å²) >= 11 is 9.93. The van der Waals surface area contributed by atoms with Crippen LogP contribution in [-0.4, -0.2) is 92.6 Å². The number of halogens is 2. The first kappa shape index (κ1) is 58.8. The van der Waals surface area contributed by atoms with Crippen LogP contribution in [0.15, 0.2) is 69.3 Å². The SMILES string of the molecule is CCCCC(=O)Cl.CCCCC(=O)NCCSc1ccc(O)c(O)c1.CCCCC(=O)NCCSc1ccc(OC)c(OC)c1.COc1ccc(SCCN)cc1OC.Cl. The second kappa shape index (κ2) is 38.6. The molecule has 340 valence electrons. The van der Waals surface area contributed by atoms with Crippen molar-refractivity contribution >= 4 is 76.4 Å². The number of hydrogen-bond donors (Lipinski definition) is 5. The maximum Gasteiger partial charge on any atom is 0.221 e. The standard InChI is InChI=1S/C15H23NO3S.C13H19NO3S.C10H15NO2S.C5H9ClO.ClH/c1-4-5-6-15(17)16-9-10-20-12-7-8-13(18-2)14(11-12)19-3;1-2-3-4-13(17)14-7-8-18-10-5-6-11(15)12(16)9-10;1-12-9-4-3-8(14-6-5-11)7-10(9)13-2;1-2-3-4-5(6)7;/h7-8,11H,4-6,9-10H2,1-3H3,(H,16,17);5-6,9,15-16H,2-4,7-8H2,1H3,(H,14,17);3-4,7H,5-6,11H2,1-2H3;2-4H2,1H3;1H. The number of phenolic OH excluding ortho intramolecular Hbond substituents is 2. The van der Waals surface area contributed by atoms with Gasteiger partial charge in [0.15, 0.2) is 34.5 Å². The predicted molar refractivity (Wildman–Crippen MR) is 253 cm³/mol. The van der Waals surface area contributed by atoms with E-state index in [9.17, 15) is 19.5 Å². The van der Waals surface area contributed by atoms with Crippen LogP contribution < -0.4 is 35.3 Å². The molecule has 2 amide bonds. The molecule has 6 N–H and O–H groups in total. The van der Waals surface area contributed by atoms with Gasteiger partial charge in [0.05, 0.1) is 28.4 Å². The Morgan fingerprint density at radius 2 is 0.967 bits per heavy atom. The fraction of sp³-hybridized carbons (Fsp3) is 0.512. The molecule has 0 unspecified atom stereocenters. The zero-order valence-electron chi connectivity index (χ0n) is 36.1. The monoisotopic (exact) mass is 935 g/mol. The van der Waals surface area contributed by atoms with E-state index in [0.29, 0.717) is 38.9 Å². The van der Waals surface area contributed by atoms with Crippen LogP contribution in [0.1, 0.15) is 78.6 Å². The Morgan fingerprint density at radius 3 is 1.32 bits per heavy atom. The number of thioether (sulfide) groups is 3. The summed E-state index contributed by atoms with van der Waals surface area (Å²) in [4.78, 5) is 35.8. The van der Waals surface area contributed by atoms with Crippen LogP contribution in [0.4, 0.5) is 0 Å². The quantitative estimate of drug-likeness (QED) is 0.0248. The normalized spacial score (nSPS) is 9.82. The third-order valence-electron chi connectivity index (χ3n) is 7.67. The topological polar surface area (TPSA) is 179 Å². The summed E-state index contributed by atoms with van der Waals surface area (Å²) in [5.74, 6) is 5.45. The molecular formula is C43H67Cl2N3O9S3. The molecule has 0 spiro atoms. The minimum Gasteiger partial charge on any atom is -0.504 e. The highest BCUT2D eigenvalue weighted by Gasteiger charge is 2.07. The van der Waals surface area contributed by atoms with E-state index in [2.05, 4.69) is 24.5 Å². The Hall–Kier alpha value is -3.34. The van der Waals surface area contributed by atoms with Crippen molar-refractivity contribution in [2.75, 3.05) is 65.3 Å². The van der Waals surface area contributed by atoms with Gasteiger partial charge in [-0.2, -0.15) is 0 Å². The molecule has 0 aliphatic rings. The van der Waals surface area contributed by atoms with Gasteiger partial charge in [-0.1, -0.05) is 40.0 Å². The number of carbonyl (C=O) groups excluding carboxylic acids is 3. The summed E-state index contributed by atoms with van der Waals surface area (Å²) in [5, 5.41) is 24.0. The van der Waals surface area contributed by atoms with E-state index in [4.69, 9.17) is 41.4 Å². The van der Waals surface area contributed by atoms with E-state index in [-0.39, 0.29) is 41.0 Å². The number of amides is 2. The highest BCUT2D eigenvalue weighted by molar-refractivity contribution is 7.99. The van der Waals surface area contributed by atoms with Gasteiger partial charge in [0.25, 0.3) is 0 Å². The van der Waals surface area contributed by atoms with Crippen molar-refractivity contribution in [1.29, 1.82) is 0 Å². The van der Waals surface area contributed by atoms with Crippen LogP contribution in [0, 0.1) is 0 Å². The molecule has 0 atom stereocenters. The molecular weight excluding hydrogens is 870 g/mol. The number of benzene rings is 3. The molecule has 0 aliphatic carbocycles. The summed E-state index contributed by atoms with van der Waals surface area (Å²) < 4.78 is 20.8. The van der Waals surface area contributed by atoms with E-state index < -0.39 is 0 Å². The number of rotatable bonds is 24. The van der Waals surface area contributed by atoms with E-state index in [0.717, 1.165) is 93.5 Å². The minimum absolute atomic E-state index is 0. The van der Waals surface area contributed by atoms with Gasteiger partial charge in [-0.3, -0.25) is 14.4 Å². The smallest absolute Gasteiger partial charge is 0.221 e. The molecule has 0 saturated carbocycles. The van der Waals surface area contributed by atoms with Gasteiger partial charge in [0.2, 0.25) is 17.1 Å². The second-order valence-electron chi connectivity index (χ2n) is 12.4. The van der Waals surface area contributed by atoms with Crippen molar-refractivity contribution in [2.24, 2.45) is 5.73 Å². The lowest BCUT2D eigenvalue weighted by Crippen LogP contribution is -2.25. The first-order valence-electron chi connectivity index (χ1n) is 19.7. The lowest BCUT2D eigenvalue weighted by molar-refractivity contribution is -0.121. The Bertz CT molecular complexity index is 1610. The maximum absolute atomic E-state index is 11.4. The number of phenols is 2. The lowest BCUT2D eigenvalue weighted by atomic mass is 10.2. The van der Waals surface area contributed by atoms with Crippen LogP contribution in [0.5, 0.6) is 34.5 Å². The number of hydrogen-bond acceptors (Lipinski definition) is 13. The number of unbranched alkanes of at least 4 members (excludes halogenated alkanes) is 3. The van der Waals surface area contributed by atoms with Crippen molar-refractivity contribution < 1.29 is 43.5 Å². The first-order valence-corrected chi connectivity index (χ1v) is 23.0. The van der Waals surface area contributed by atoms with Gasteiger partial charge < -0.3 is 45.5 Å². The van der Waals surface area contributed by atoms with E-state index in [1.54, 1.807) is 58.0 Å². The summed E-state index contributed by atoms with van der Waals surface area (Å²) in [6, 6.07) is 16.4. The molecule has 3 aromatic rings. The third kappa shape index (κ3) is 29.0. The molecule has 0 heterocycles. The van der Waals surface area contributed by atoms with E-state index >= 15 is 0 Å². The minimum atomic E-state index is -0.221. The molecule has 3 aromatic carbocycles. The first-order chi connectivity index (χ1) is 28.4. The fourth-order valence-electron chi connectivity index (χ4n) is 4.47.